The highest BCUT2D eigenvalue weighted by molar-refractivity contribution is 6.03. The maximum absolute atomic E-state index is 12.3. The minimum absolute atomic E-state index is 0.0281. The van der Waals surface area contributed by atoms with Gasteiger partial charge in [0.15, 0.2) is 0 Å². The normalized spacial score (nSPS) is 10.5. The number of benzene rings is 1. The number of esters is 1. The molecule has 1 aromatic carbocycles. The monoisotopic (exact) mass is 336 g/mol. The second-order valence-electron chi connectivity index (χ2n) is 5.56. The Morgan fingerprint density at radius 3 is 2.58 bits per heavy atom. The standard InChI is InChI=1S/C18H28N2O4/c1-4-6-7-8-11-23-13-17(21)20(3)16-12-14(19)9-10-15(16)18(22)24-5-2/h9-10,12H,4-8,11,13,19H2,1-3H3. The van der Waals surface area contributed by atoms with Crippen molar-refractivity contribution in [2.24, 2.45) is 0 Å². The molecule has 0 heterocycles. The van der Waals surface area contributed by atoms with E-state index in [-0.39, 0.29) is 19.1 Å². The topological polar surface area (TPSA) is 81.9 Å². The van der Waals surface area contributed by atoms with Crippen LogP contribution < -0.4 is 10.6 Å². The van der Waals surface area contributed by atoms with E-state index in [1.165, 1.54) is 11.3 Å². The Bertz CT molecular complexity index is 546. The molecule has 0 aliphatic heterocycles. The third-order valence-corrected chi connectivity index (χ3v) is 3.62. The third-order valence-electron chi connectivity index (χ3n) is 3.62. The number of hydrogen-bond donors (Lipinski definition) is 1. The smallest absolute Gasteiger partial charge is 0.340 e. The number of nitrogens with zero attached hydrogens (tertiary/aromatic N) is 1. The summed E-state index contributed by atoms with van der Waals surface area (Å²) in [6, 6.07) is 4.77. The molecule has 0 atom stereocenters. The van der Waals surface area contributed by atoms with E-state index in [0.717, 1.165) is 19.3 Å². The molecule has 0 spiro atoms. The number of nitrogens with two attached hydrogens (primary N) is 1. The van der Waals surface area contributed by atoms with Crippen molar-refractivity contribution < 1.29 is 19.1 Å². The van der Waals surface area contributed by atoms with Crippen molar-refractivity contribution in [1.29, 1.82) is 0 Å². The molecule has 0 unspecified atom stereocenters. The average Bonchev–Trinajstić information content (AvgIpc) is 2.57. The highest BCUT2D eigenvalue weighted by Crippen LogP contribution is 2.24. The Hall–Kier alpha value is -2.08. The van der Waals surface area contributed by atoms with Gasteiger partial charge in [0.25, 0.3) is 5.91 Å². The van der Waals surface area contributed by atoms with Gasteiger partial charge in [0.1, 0.15) is 6.61 Å². The molecule has 6 heteroatoms. The lowest BCUT2D eigenvalue weighted by molar-refractivity contribution is -0.122. The number of unbranched alkanes of at least 4 members (excludes halogenated alkanes) is 3. The van der Waals surface area contributed by atoms with Crippen LogP contribution in [0.5, 0.6) is 0 Å². The summed E-state index contributed by atoms with van der Waals surface area (Å²) in [5.74, 6) is -0.714. The van der Waals surface area contributed by atoms with Crippen molar-refractivity contribution >= 4 is 23.3 Å². The fourth-order valence-corrected chi connectivity index (χ4v) is 2.23. The molecule has 2 N–H and O–H groups in total. The van der Waals surface area contributed by atoms with Crippen LogP contribution in [0.1, 0.15) is 49.9 Å². The fourth-order valence-electron chi connectivity index (χ4n) is 2.23. The van der Waals surface area contributed by atoms with Crippen LogP contribution in [0.4, 0.5) is 11.4 Å². The SMILES string of the molecule is CCCCCCOCC(=O)N(C)c1cc(N)ccc1C(=O)OCC. The predicted octanol–water partition coefficient (Wildman–Crippen LogP) is 3.01. The van der Waals surface area contributed by atoms with Crippen molar-refractivity contribution in [3.63, 3.8) is 0 Å². The summed E-state index contributed by atoms with van der Waals surface area (Å²) in [5.41, 5.74) is 6.99. The quantitative estimate of drug-likeness (QED) is 0.403. The number of anilines is 2. The lowest BCUT2D eigenvalue weighted by Crippen LogP contribution is -2.31. The van der Waals surface area contributed by atoms with Crippen LogP contribution in [-0.4, -0.2) is 38.7 Å². The van der Waals surface area contributed by atoms with Gasteiger partial charge in [-0.2, -0.15) is 0 Å². The zero-order valence-electron chi connectivity index (χ0n) is 14.8. The number of rotatable bonds is 10. The highest BCUT2D eigenvalue weighted by atomic mass is 16.5. The largest absolute Gasteiger partial charge is 0.462 e. The molecule has 134 valence electrons. The zero-order valence-corrected chi connectivity index (χ0v) is 14.8. The van der Waals surface area contributed by atoms with E-state index in [0.29, 0.717) is 23.5 Å². The maximum atomic E-state index is 12.3. The number of likely N-dealkylation sites (N-methyl/N-ethyl adjacent to an activating group) is 1. The Morgan fingerprint density at radius 1 is 1.17 bits per heavy atom. The van der Waals surface area contributed by atoms with Gasteiger partial charge in [-0.05, 0) is 31.5 Å². The highest BCUT2D eigenvalue weighted by Gasteiger charge is 2.20. The Balaban J connectivity index is 2.68. The van der Waals surface area contributed by atoms with Crippen molar-refractivity contribution in [2.75, 3.05) is 37.5 Å². The van der Waals surface area contributed by atoms with Crippen LogP contribution >= 0.6 is 0 Å². The molecule has 0 saturated heterocycles. The lowest BCUT2D eigenvalue weighted by Gasteiger charge is -2.20. The summed E-state index contributed by atoms with van der Waals surface area (Å²) in [6.45, 7) is 4.67. The molecular formula is C18H28N2O4. The Labute approximate surface area is 143 Å². The molecule has 0 bridgehead atoms. The number of amides is 1. The molecule has 1 amide bonds. The van der Waals surface area contributed by atoms with Gasteiger partial charge in [0.05, 0.1) is 17.9 Å². The summed E-state index contributed by atoms with van der Waals surface area (Å²) >= 11 is 0. The maximum Gasteiger partial charge on any atom is 0.340 e. The number of carbonyl (C=O) groups excluding carboxylic acids is 2. The summed E-state index contributed by atoms with van der Waals surface area (Å²) in [6.07, 6.45) is 4.37. The lowest BCUT2D eigenvalue weighted by atomic mass is 10.1. The molecular weight excluding hydrogens is 308 g/mol. The Kier molecular flexibility index (Phi) is 8.86. The number of ether oxygens (including phenoxy) is 2. The van der Waals surface area contributed by atoms with Gasteiger partial charge in [0, 0.05) is 19.3 Å². The summed E-state index contributed by atoms with van der Waals surface area (Å²) in [4.78, 5) is 25.7. The molecule has 24 heavy (non-hydrogen) atoms. The third kappa shape index (κ3) is 6.20. The first-order valence-electron chi connectivity index (χ1n) is 8.42. The van der Waals surface area contributed by atoms with Crippen LogP contribution in [0.2, 0.25) is 0 Å². The van der Waals surface area contributed by atoms with Crippen molar-refractivity contribution in [2.45, 2.75) is 39.5 Å². The molecule has 0 aliphatic rings. The molecule has 0 aromatic heterocycles. The van der Waals surface area contributed by atoms with E-state index < -0.39 is 5.97 Å². The first-order valence-corrected chi connectivity index (χ1v) is 8.42. The van der Waals surface area contributed by atoms with E-state index >= 15 is 0 Å². The summed E-state index contributed by atoms with van der Waals surface area (Å²) in [7, 11) is 1.60. The van der Waals surface area contributed by atoms with Gasteiger partial charge in [-0.25, -0.2) is 4.79 Å². The van der Waals surface area contributed by atoms with Crippen molar-refractivity contribution in [1.82, 2.24) is 0 Å². The molecule has 0 aliphatic carbocycles. The van der Waals surface area contributed by atoms with Gasteiger partial charge in [-0.15, -0.1) is 0 Å². The van der Waals surface area contributed by atoms with Crippen LogP contribution in [0.25, 0.3) is 0 Å². The van der Waals surface area contributed by atoms with Crippen LogP contribution in [-0.2, 0) is 14.3 Å². The van der Waals surface area contributed by atoms with Gasteiger partial charge in [-0.1, -0.05) is 26.2 Å². The average molecular weight is 336 g/mol. The number of hydrogen-bond acceptors (Lipinski definition) is 5. The zero-order chi connectivity index (χ0) is 17.9. The Morgan fingerprint density at radius 2 is 1.92 bits per heavy atom. The van der Waals surface area contributed by atoms with E-state index in [9.17, 15) is 9.59 Å². The first-order chi connectivity index (χ1) is 11.5. The first kappa shape index (κ1) is 20.0. The van der Waals surface area contributed by atoms with E-state index in [1.807, 2.05) is 0 Å². The number of carbonyl (C=O) groups is 2. The second-order valence-corrected chi connectivity index (χ2v) is 5.56. The van der Waals surface area contributed by atoms with Crippen molar-refractivity contribution in [3.8, 4) is 0 Å². The molecule has 1 aromatic rings. The molecule has 1 rings (SSSR count). The van der Waals surface area contributed by atoms with Gasteiger partial charge in [0.2, 0.25) is 0 Å². The van der Waals surface area contributed by atoms with Crippen molar-refractivity contribution in [3.05, 3.63) is 23.8 Å². The van der Waals surface area contributed by atoms with Crippen LogP contribution in [0, 0.1) is 0 Å². The predicted molar refractivity (Wildman–Crippen MR) is 95.2 cm³/mol. The van der Waals surface area contributed by atoms with Crippen LogP contribution in [0.3, 0.4) is 0 Å². The second kappa shape index (κ2) is 10.6. The molecule has 0 saturated carbocycles. The van der Waals surface area contributed by atoms with E-state index in [4.69, 9.17) is 15.2 Å². The fraction of sp³-hybridized carbons (Fsp3) is 0.556. The van der Waals surface area contributed by atoms with Crippen LogP contribution in [0.15, 0.2) is 18.2 Å². The van der Waals surface area contributed by atoms with E-state index in [1.54, 1.807) is 32.2 Å². The number of nitrogen functional groups attached to an aromatic ring is 1. The van der Waals surface area contributed by atoms with E-state index in [2.05, 4.69) is 6.92 Å². The minimum atomic E-state index is -0.479. The van der Waals surface area contributed by atoms with Gasteiger partial charge >= 0.3 is 5.97 Å². The minimum Gasteiger partial charge on any atom is -0.462 e. The summed E-state index contributed by atoms with van der Waals surface area (Å²) in [5, 5.41) is 0. The van der Waals surface area contributed by atoms with Gasteiger partial charge < -0.3 is 20.1 Å². The molecule has 0 fully saturated rings. The summed E-state index contributed by atoms with van der Waals surface area (Å²) < 4.78 is 10.4. The molecule has 6 nitrogen and oxygen atoms in total. The molecule has 0 radical (unpaired) electrons. The van der Waals surface area contributed by atoms with Gasteiger partial charge in [-0.3, -0.25) is 4.79 Å².